The van der Waals surface area contributed by atoms with E-state index >= 15 is 0 Å². The molecule has 5 heteroatoms. The summed E-state index contributed by atoms with van der Waals surface area (Å²) in [5, 5.41) is 11.1. The van der Waals surface area contributed by atoms with Crippen LogP contribution >= 0.6 is 11.6 Å². The van der Waals surface area contributed by atoms with Gasteiger partial charge in [0.2, 0.25) is 0 Å². The molecule has 0 N–H and O–H groups in total. The van der Waals surface area contributed by atoms with E-state index in [4.69, 9.17) is 11.6 Å². The zero-order valence-corrected chi connectivity index (χ0v) is 12.1. The minimum Gasteiger partial charge on any atom is -0.352 e. The highest BCUT2D eigenvalue weighted by Crippen LogP contribution is 2.31. The van der Waals surface area contributed by atoms with Gasteiger partial charge >= 0.3 is 0 Å². The number of benzene rings is 1. The molecule has 2 aliphatic rings. The minimum absolute atomic E-state index is 0.490. The van der Waals surface area contributed by atoms with Crippen LogP contribution in [-0.2, 0) is 0 Å². The molecule has 0 amide bonds. The molecule has 2 aliphatic heterocycles. The number of anilines is 1. The van der Waals surface area contributed by atoms with E-state index in [2.05, 4.69) is 26.1 Å². The summed E-state index contributed by atoms with van der Waals surface area (Å²) in [6.45, 7) is 4.46. The Morgan fingerprint density at radius 2 is 1.90 bits per heavy atom. The van der Waals surface area contributed by atoms with Gasteiger partial charge in [0.1, 0.15) is 0 Å². The first-order chi connectivity index (χ1) is 9.83. The number of hydrogen-bond donors (Lipinski definition) is 0. The summed E-state index contributed by atoms with van der Waals surface area (Å²) in [5.41, 5.74) is 0. The van der Waals surface area contributed by atoms with Crippen molar-refractivity contribution in [3.63, 3.8) is 0 Å². The van der Waals surface area contributed by atoms with Crippen LogP contribution in [0.15, 0.2) is 24.3 Å². The van der Waals surface area contributed by atoms with Gasteiger partial charge in [-0.15, -0.1) is 10.2 Å². The second-order valence-corrected chi connectivity index (χ2v) is 6.00. The monoisotopic (exact) mass is 288 g/mol. The molecular formula is C15H17ClN4. The van der Waals surface area contributed by atoms with Gasteiger partial charge in [0.05, 0.1) is 0 Å². The highest BCUT2D eigenvalue weighted by Gasteiger charge is 2.31. The van der Waals surface area contributed by atoms with Gasteiger partial charge in [0, 0.05) is 36.4 Å². The van der Waals surface area contributed by atoms with Crippen molar-refractivity contribution in [3.8, 4) is 0 Å². The lowest BCUT2D eigenvalue weighted by Gasteiger charge is -2.38. The van der Waals surface area contributed by atoms with Gasteiger partial charge in [-0.3, -0.25) is 4.90 Å². The maximum atomic E-state index is 6.16. The summed E-state index contributed by atoms with van der Waals surface area (Å²) >= 11 is 6.16. The van der Waals surface area contributed by atoms with Crippen LogP contribution in [0.2, 0.25) is 5.15 Å². The van der Waals surface area contributed by atoms with Crippen LogP contribution in [0.3, 0.4) is 0 Å². The molecule has 1 aromatic carbocycles. The molecule has 0 saturated carbocycles. The topological polar surface area (TPSA) is 32.3 Å². The fourth-order valence-electron chi connectivity index (χ4n) is 3.47. The summed E-state index contributed by atoms with van der Waals surface area (Å²) in [6.07, 6.45) is 2.63. The van der Waals surface area contributed by atoms with Crippen molar-refractivity contribution >= 4 is 28.2 Å². The van der Waals surface area contributed by atoms with E-state index in [-0.39, 0.29) is 0 Å². The Labute approximate surface area is 123 Å². The maximum absolute atomic E-state index is 6.16. The third kappa shape index (κ3) is 1.95. The van der Waals surface area contributed by atoms with E-state index < -0.39 is 0 Å². The van der Waals surface area contributed by atoms with Crippen LogP contribution in [0.25, 0.3) is 10.8 Å². The zero-order valence-electron chi connectivity index (χ0n) is 11.3. The van der Waals surface area contributed by atoms with Gasteiger partial charge in [-0.25, -0.2) is 0 Å². The van der Waals surface area contributed by atoms with E-state index in [0.717, 1.165) is 36.2 Å². The SMILES string of the molecule is Clc1nnc(N2CCN3CCCC3C2)c2ccccc12. The summed E-state index contributed by atoms with van der Waals surface area (Å²) in [4.78, 5) is 4.97. The van der Waals surface area contributed by atoms with E-state index in [9.17, 15) is 0 Å². The molecule has 1 unspecified atom stereocenters. The third-order valence-corrected chi connectivity index (χ3v) is 4.79. The molecule has 104 valence electrons. The molecule has 2 aromatic rings. The van der Waals surface area contributed by atoms with Gasteiger partial charge in [-0.05, 0) is 19.4 Å². The van der Waals surface area contributed by atoms with E-state index in [1.807, 2.05) is 18.2 Å². The van der Waals surface area contributed by atoms with E-state index in [1.165, 1.54) is 19.4 Å². The van der Waals surface area contributed by atoms with E-state index in [1.54, 1.807) is 0 Å². The molecule has 3 heterocycles. The molecule has 4 rings (SSSR count). The average molecular weight is 289 g/mol. The number of nitrogens with zero attached hydrogens (tertiary/aromatic N) is 4. The van der Waals surface area contributed by atoms with Crippen molar-refractivity contribution in [2.24, 2.45) is 0 Å². The lowest BCUT2D eigenvalue weighted by atomic mass is 10.1. The molecule has 0 bridgehead atoms. The second-order valence-electron chi connectivity index (χ2n) is 5.64. The third-order valence-electron chi connectivity index (χ3n) is 4.51. The van der Waals surface area contributed by atoms with Crippen molar-refractivity contribution in [1.29, 1.82) is 0 Å². The van der Waals surface area contributed by atoms with E-state index in [0.29, 0.717) is 11.2 Å². The summed E-state index contributed by atoms with van der Waals surface area (Å²) in [5.74, 6) is 0.983. The van der Waals surface area contributed by atoms with Crippen molar-refractivity contribution in [1.82, 2.24) is 15.1 Å². The molecule has 0 spiro atoms. The quantitative estimate of drug-likeness (QED) is 0.807. The Hall–Kier alpha value is -1.39. The molecular weight excluding hydrogens is 272 g/mol. The van der Waals surface area contributed by atoms with Gasteiger partial charge in [0.15, 0.2) is 11.0 Å². The van der Waals surface area contributed by atoms with Crippen LogP contribution in [0, 0.1) is 0 Å². The standard InChI is InChI=1S/C15H17ClN4/c16-14-12-5-1-2-6-13(12)15(18-17-14)20-9-8-19-7-3-4-11(19)10-20/h1-2,5-6,11H,3-4,7-10H2. The molecule has 4 nitrogen and oxygen atoms in total. The first-order valence-electron chi connectivity index (χ1n) is 7.23. The molecule has 1 aromatic heterocycles. The van der Waals surface area contributed by atoms with Crippen LogP contribution < -0.4 is 4.90 Å². The number of halogens is 1. The lowest BCUT2D eigenvalue weighted by molar-refractivity contribution is 0.230. The largest absolute Gasteiger partial charge is 0.352 e. The van der Waals surface area contributed by atoms with Crippen molar-refractivity contribution in [2.75, 3.05) is 31.1 Å². The Bertz CT molecular complexity index is 645. The fourth-order valence-corrected chi connectivity index (χ4v) is 3.68. The first-order valence-corrected chi connectivity index (χ1v) is 7.60. The summed E-state index contributed by atoms with van der Waals surface area (Å²) in [7, 11) is 0. The molecule has 1 atom stereocenters. The Kier molecular flexibility index (Phi) is 3.00. The van der Waals surface area contributed by atoms with Crippen molar-refractivity contribution in [3.05, 3.63) is 29.4 Å². The predicted octanol–water partition coefficient (Wildman–Crippen LogP) is 2.57. The highest BCUT2D eigenvalue weighted by molar-refractivity contribution is 6.34. The van der Waals surface area contributed by atoms with Crippen molar-refractivity contribution < 1.29 is 0 Å². The number of hydrogen-bond acceptors (Lipinski definition) is 4. The number of aromatic nitrogens is 2. The van der Waals surface area contributed by atoms with Gasteiger partial charge in [-0.1, -0.05) is 35.9 Å². The Balaban J connectivity index is 1.73. The van der Waals surface area contributed by atoms with Crippen LogP contribution in [0.1, 0.15) is 12.8 Å². The average Bonchev–Trinajstić information content (AvgIpc) is 2.95. The minimum atomic E-state index is 0.490. The van der Waals surface area contributed by atoms with Crippen LogP contribution in [0.5, 0.6) is 0 Å². The highest BCUT2D eigenvalue weighted by atomic mass is 35.5. The van der Waals surface area contributed by atoms with Crippen LogP contribution in [0.4, 0.5) is 5.82 Å². The second kappa shape index (κ2) is 4.86. The molecule has 0 radical (unpaired) electrons. The number of piperazine rings is 1. The zero-order chi connectivity index (χ0) is 13.5. The molecule has 0 aliphatic carbocycles. The maximum Gasteiger partial charge on any atom is 0.159 e. The van der Waals surface area contributed by atoms with Crippen molar-refractivity contribution in [2.45, 2.75) is 18.9 Å². The van der Waals surface area contributed by atoms with Gasteiger partial charge in [0.25, 0.3) is 0 Å². The summed E-state index contributed by atoms with van der Waals surface area (Å²) < 4.78 is 0. The van der Waals surface area contributed by atoms with Gasteiger partial charge < -0.3 is 4.90 Å². The fraction of sp³-hybridized carbons (Fsp3) is 0.467. The first kappa shape index (κ1) is 12.4. The Morgan fingerprint density at radius 1 is 1.05 bits per heavy atom. The lowest BCUT2D eigenvalue weighted by Crippen LogP contribution is -2.50. The molecule has 2 saturated heterocycles. The Morgan fingerprint density at radius 3 is 2.80 bits per heavy atom. The number of fused-ring (bicyclic) bond motifs is 2. The predicted molar refractivity (Wildman–Crippen MR) is 81.4 cm³/mol. The molecule has 20 heavy (non-hydrogen) atoms. The molecule has 2 fully saturated rings. The van der Waals surface area contributed by atoms with Crippen LogP contribution in [-0.4, -0.2) is 47.3 Å². The van der Waals surface area contributed by atoms with Gasteiger partial charge in [-0.2, -0.15) is 0 Å². The number of rotatable bonds is 1. The smallest absolute Gasteiger partial charge is 0.159 e. The summed E-state index contributed by atoms with van der Waals surface area (Å²) in [6, 6.07) is 8.82. The normalized spacial score (nSPS) is 23.2.